The molecule has 0 fully saturated rings. The highest BCUT2D eigenvalue weighted by molar-refractivity contribution is 7.92. The zero-order valence-electron chi connectivity index (χ0n) is 8.77. The highest BCUT2D eigenvalue weighted by atomic mass is 32.2. The van der Waals surface area contributed by atoms with Gasteiger partial charge in [-0.05, 0) is 12.1 Å². The van der Waals surface area contributed by atoms with Gasteiger partial charge in [-0.2, -0.15) is 0 Å². The van der Waals surface area contributed by atoms with Crippen LogP contribution in [0.3, 0.4) is 0 Å². The molecule has 0 saturated heterocycles. The Balaban J connectivity index is 3.03. The Hall–Kier alpha value is -1.43. The van der Waals surface area contributed by atoms with Gasteiger partial charge in [0.25, 0.3) is 0 Å². The fraction of sp³-hybridized carbons (Fsp3) is 0.333. The molecule has 0 aliphatic carbocycles. The number of rotatable bonds is 4. The summed E-state index contributed by atoms with van der Waals surface area (Å²) in [5.74, 6) is 1.03. The fourth-order valence-electron chi connectivity index (χ4n) is 1.11. The average Bonchev–Trinajstić information content (AvgIpc) is 2.15. The number of hydrogen-bond acceptors (Lipinski definition) is 4. The number of anilines is 1. The van der Waals surface area contributed by atoms with E-state index in [0.29, 0.717) is 17.2 Å². The molecule has 0 amide bonds. The number of sulfonamides is 1. The smallest absolute Gasteiger partial charge is 0.229 e. The molecular formula is C9H13NO4S. The average molecular weight is 231 g/mol. The molecule has 6 heteroatoms. The third-order valence-electron chi connectivity index (χ3n) is 1.69. The Kier molecular flexibility index (Phi) is 3.41. The van der Waals surface area contributed by atoms with Crippen molar-refractivity contribution in [3.8, 4) is 11.5 Å². The van der Waals surface area contributed by atoms with Gasteiger partial charge in [0.15, 0.2) is 11.5 Å². The lowest BCUT2D eigenvalue weighted by Crippen LogP contribution is -2.09. The van der Waals surface area contributed by atoms with E-state index in [9.17, 15) is 8.42 Å². The van der Waals surface area contributed by atoms with Crippen LogP contribution in [0.2, 0.25) is 0 Å². The number of ether oxygens (including phenoxy) is 2. The molecule has 0 heterocycles. The Morgan fingerprint density at radius 3 is 2.20 bits per heavy atom. The number of methoxy groups -OCH3 is 2. The van der Waals surface area contributed by atoms with Gasteiger partial charge in [0, 0.05) is 6.07 Å². The maximum absolute atomic E-state index is 11.0. The predicted molar refractivity (Wildman–Crippen MR) is 58.0 cm³/mol. The lowest BCUT2D eigenvalue weighted by atomic mass is 10.3. The molecule has 0 aromatic heterocycles. The SMILES string of the molecule is COc1ccc(NS(C)(=O)=O)cc1OC. The number of nitrogens with one attached hydrogen (secondary N) is 1. The lowest BCUT2D eigenvalue weighted by molar-refractivity contribution is 0.355. The van der Waals surface area contributed by atoms with E-state index in [0.717, 1.165) is 6.26 Å². The van der Waals surface area contributed by atoms with Gasteiger partial charge in [-0.3, -0.25) is 4.72 Å². The molecule has 0 spiro atoms. The van der Waals surface area contributed by atoms with Crippen molar-refractivity contribution in [2.24, 2.45) is 0 Å². The molecule has 0 radical (unpaired) electrons. The molecule has 84 valence electrons. The first-order chi connectivity index (χ1) is 6.96. The summed E-state index contributed by atoms with van der Waals surface area (Å²) in [5, 5.41) is 0. The van der Waals surface area contributed by atoms with Crippen LogP contribution >= 0.6 is 0 Å². The largest absolute Gasteiger partial charge is 0.493 e. The van der Waals surface area contributed by atoms with Gasteiger partial charge in [0.05, 0.1) is 26.2 Å². The van der Waals surface area contributed by atoms with Crippen LogP contribution < -0.4 is 14.2 Å². The van der Waals surface area contributed by atoms with Crippen molar-refractivity contribution >= 4 is 15.7 Å². The molecule has 0 atom stereocenters. The molecule has 1 rings (SSSR count). The van der Waals surface area contributed by atoms with Crippen LogP contribution in [0.25, 0.3) is 0 Å². The minimum atomic E-state index is -3.27. The predicted octanol–water partition coefficient (Wildman–Crippen LogP) is 1.08. The molecule has 15 heavy (non-hydrogen) atoms. The second-order valence-electron chi connectivity index (χ2n) is 2.94. The van der Waals surface area contributed by atoms with Crippen molar-refractivity contribution in [3.63, 3.8) is 0 Å². The maximum Gasteiger partial charge on any atom is 0.229 e. The summed E-state index contributed by atoms with van der Waals surface area (Å²) in [7, 11) is -0.265. The van der Waals surface area contributed by atoms with Crippen molar-refractivity contribution in [1.29, 1.82) is 0 Å². The molecule has 0 aliphatic rings. The summed E-state index contributed by atoms with van der Waals surface area (Å²) >= 11 is 0. The third-order valence-corrected chi connectivity index (χ3v) is 2.29. The molecule has 1 aromatic carbocycles. The Morgan fingerprint density at radius 1 is 1.13 bits per heavy atom. The van der Waals surface area contributed by atoms with Crippen molar-refractivity contribution in [2.45, 2.75) is 0 Å². The second-order valence-corrected chi connectivity index (χ2v) is 4.69. The van der Waals surface area contributed by atoms with E-state index < -0.39 is 10.0 Å². The van der Waals surface area contributed by atoms with Crippen LogP contribution in [-0.2, 0) is 10.0 Å². The monoisotopic (exact) mass is 231 g/mol. The van der Waals surface area contributed by atoms with Crippen molar-refractivity contribution in [2.75, 3.05) is 25.2 Å². The zero-order chi connectivity index (χ0) is 11.5. The van der Waals surface area contributed by atoms with Crippen LogP contribution in [0.5, 0.6) is 11.5 Å². The molecule has 0 unspecified atom stereocenters. The van der Waals surface area contributed by atoms with E-state index in [4.69, 9.17) is 9.47 Å². The first kappa shape index (κ1) is 11.6. The first-order valence-corrected chi connectivity index (χ1v) is 6.05. The van der Waals surface area contributed by atoms with Crippen molar-refractivity contribution in [3.05, 3.63) is 18.2 Å². The van der Waals surface area contributed by atoms with Crippen molar-refractivity contribution in [1.82, 2.24) is 0 Å². The highest BCUT2D eigenvalue weighted by Crippen LogP contribution is 2.29. The topological polar surface area (TPSA) is 64.6 Å². The van der Waals surface area contributed by atoms with Gasteiger partial charge in [-0.15, -0.1) is 0 Å². The van der Waals surface area contributed by atoms with Crippen LogP contribution in [0.1, 0.15) is 0 Å². The Morgan fingerprint density at radius 2 is 1.73 bits per heavy atom. The molecule has 0 saturated carbocycles. The molecule has 5 nitrogen and oxygen atoms in total. The van der Waals surface area contributed by atoms with Crippen LogP contribution in [-0.4, -0.2) is 28.9 Å². The zero-order valence-corrected chi connectivity index (χ0v) is 9.59. The van der Waals surface area contributed by atoms with E-state index >= 15 is 0 Å². The summed E-state index contributed by atoms with van der Waals surface area (Å²) in [6, 6.07) is 4.79. The summed E-state index contributed by atoms with van der Waals surface area (Å²) in [6.45, 7) is 0. The molecule has 1 N–H and O–H groups in total. The van der Waals surface area contributed by atoms with Crippen LogP contribution in [0.15, 0.2) is 18.2 Å². The maximum atomic E-state index is 11.0. The summed E-state index contributed by atoms with van der Waals surface area (Å²) < 4.78 is 34.3. The second kappa shape index (κ2) is 4.39. The summed E-state index contributed by atoms with van der Waals surface area (Å²) in [5.41, 5.74) is 0.440. The molecular weight excluding hydrogens is 218 g/mol. The van der Waals surface area contributed by atoms with E-state index in [-0.39, 0.29) is 0 Å². The molecule has 0 aliphatic heterocycles. The number of benzene rings is 1. The van der Waals surface area contributed by atoms with Gasteiger partial charge < -0.3 is 9.47 Å². The number of hydrogen-bond donors (Lipinski definition) is 1. The third kappa shape index (κ3) is 3.32. The van der Waals surface area contributed by atoms with Crippen LogP contribution in [0, 0.1) is 0 Å². The Labute approximate surface area is 89.1 Å². The molecule has 0 bridgehead atoms. The lowest BCUT2D eigenvalue weighted by Gasteiger charge is -2.09. The van der Waals surface area contributed by atoms with E-state index in [1.54, 1.807) is 18.2 Å². The molecule has 1 aromatic rings. The van der Waals surface area contributed by atoms with E-state index in [2.05, 4.69) is 4.72 Å². The minimum Gasteiger partial charge on any atom is -0.493 e. The van der Waals surface area contributed by atoms with E-state index in [1.807, 2.05) is 0 Å². The summed E-state index contributed by atoms with van der Waals surface area (Å²) in [6.07, 6.45) is 1.09. The first-order valence-electron chi connectivity index (χ1n) is 4.16. The highest BCUT2D eigenvalue weighted by Gasteiger charge is 2.07. The van der Waals surface area contributed by atoms with Gasteiger partial charge in [-0.25, -0.2) is 8.42 Å². The summed E-state index contributed by atoms with van der Waals surface area (Å²) in [4.78, 5) is 0. The van der Waals surface area contributed by atoms with Gasteiger partial charge >= 0.3 is 0 Å². The Bertz CT molecular complexity index is 441. The fourth-order valence-corrected chi connectivity index (χ4v) is 1.67. The minimum absolute atomic E-state index is 0.440. The normalized spacial score (nSPS) is 10.9. The van der Waals surface area contributed by atoms with Crippen LogP contribution in [0.4, 0.5) is 5.69 Å². The van der Waals surface area contributed by atoms with Crippen molar-refractivity contribution < 1.29 is 17.9 Å². The van der Waals surface area contributed by atoms with Gasteiger partial charge in [0.2, 0.25) is 10.0 Å². The van der Waals surface area contributed by atoms with E-state index in [1.165, 1.54) is 14.2 Å². The van der Waals surface area contributed by atoms with Gasteiger partial charge in [-0.1, -0.05) is 0 Å². The standard InChI is InChI=1S/C9H13NO4S/c1-13-8-5-4-7(6-9(8)14-2)10-15(3,11)12/h4-6,10H,1-3H3. The quantitative estimate of drug-likeness (QED) is 0.842. The van der Waals surface area contributed by atoms with Gasteiger partial charge in [0.1, 0.15) is 0 Å².